The zero-order chi connectivity index (χ0) is 14.5. The van der Waals surface area contributed by atoms with Gasteiger partial charge in [-0.15, -0.1) is 0 Å². The minimum absolute atomic E-state index is 0.146. The molecule has 0 aliphatic carbocycles. The average molecular weight is 275 g/mol. The molecule has 0 atom stereocenters. The van der Waals surface area contributed by atoms with E-state index in [-0.39, 0.29) is 11.4 Å². The van der Waals surface area contributed by atoms with Gasteiger partial charge in [-0.1, -0.05) is 0 Å². The van der Waals surface area contributed by atoms with Crippen LogP contribution in [0.3, 0.4) is 0 Å². The van der Waals surface area contributed by atoms with Gasteiger partial charge in [0, 0.05) is 23.6 Å². The zero-order valence-electron chi connectivity index (χ0n) is 10.9. The molecule has 1 aromatic carbocycles. The Labute approximate surface area is 115 Å². The molecule has 1 amide bonds. The third-order valence-corrected chi connectivity index (χ3v) is 2.51. The monoisotopic (exact) mass is 275 g/mol. The number of ether oxygens (including phenoxy) is 1. The van der Waals surface area contributed by atoms with Crippen LogP contribution in [0, 0.1) is 5.82 Å². The van der Waals surface area contributed by atoms with E-state index >= 15 is 0 Å². The number of carbonyl (C=O) groups excluding carboxylic acids is 1. The fraction of sp³-hybridized carbons (Fsp3) is 0.143. The molecule has 0 aliphatic rings. The predicted octanol–water partition coefficient (Wildman–Crippen LogP) is 2.45. The third kappa shape index (κ3) is 3.23. The lowest BCUT2D eigenvalue weighted by atomic mass is 10.2. The molecule has 0 bridgehead atoms. The highest BCUT2D eigenvalue weighted by Gasteiger charge is 2.10. The van der Waals surface area contributed by atoms with Gasteiger partial charge in [0.25, 0.3) is 5.91 Å². The Bertz CT molecular complexity index is 632. The van der Waals surface area contributed by atoms with Crippen LogP contribution in [-0.4, -0.2) is 17.5 Å². The molecule has 0 unspecified atom stereocenters. The summed E-state index contributed by atoms with van der Waals surface area (Å²) in [6.07, 6.45) is 1.43. The Kier molecular flexibility index (Phi) is 4.14. The molecule has 20 heavy (non-hydrogen) atoms. The number of aromatic nitrogens is 1. The lowest BCUT2D eigenvalue weighted by Crippen LogP contribution is -2.14. The van der Waals surface area contributed by atoms with Gasteiger partial charge < -0.3 is 15.8 Å². The fourth-order valence-corrected chi connectivity index (χ4v) is 1.62. The van der Waals surface area contributed by atoms with Crippen LogP contribution in [-0.2, 0) is 0 Å². The Hall–Kier alpha value is -2.63. The quantitative estimate of drug-likeness (QED) is 0.898. The predicted molar refractivity (Wildman–Crippen MR) is 74.2 cm³/mol. The van der Waals surface area contributed by atoms with Crippen LogP contribution in [0.2, 0.25) is 0 Å². The molecule has 6 heteroatoms. The Morgan fingerprint density at radius 2 is 2.20 bits per heavy atom. The molecule has 1 aromatic heterocycles. The highest BCUT2D eigenvalue weighted by molar-refractivity contribution is 6.03. The van der Waals surface area contributed by atoms with Gasteiger partial charge in [0.1, 0.15) is 5.69 Å². The smallest absolute Gasteiger partial charge is 0.274 e. The van der Waals surface area contributed by atoms with Gasteiger partial charge in [0.05, 0.1) is 6.61 Å². The van der Waals surface area contributed by atoms with E-state index in [1.807, 2.05) is 0 Å². The van der Waals surface area contributed by atoms with Crippen LogP contribution >= 0.6 is 0 Å². The number of pyridine rings is 1. The molecule has 2 rings (SSSR count). The number of rotatable bonds is 4. The first-order valence-corrected chi connectivity index (χ1v) is 6.05. The van der Waals surface area contributed by atoms with E-state index in [1.165, 1.54) is 24.4 Å². The molecule has 0 saturated carbocycles. The minimum atomic E-state index is -0.537. The Morgan fingerprint density at radius 3 is 2.85 bits per heavy atom. The first-order valence-electron chi connectivity index (χ1n) is 6.05. The van der Waals surface area contributed by atoms with Gasteiger partial charge in [-0.25, -0.2) is 4.39 Å². The summed E-state index contributed by atoms with van der Waals surface area (Å²) in [5.41, 5.74) is 6.49. The number of amides is 1. The van der Waals surface area contributed by atoms with Gasteiger partial charge >= 0.3 is 0 Å². The van der Waals surface area contributed by atoms with Crippen LogP contribution in [0.1, 0.15) is 17.4 Å². The van der Waals surface area contributed by atoms with E-state index in [0.29, 0.717) is 18.0 Å². The molecule has 1 heterocycles. The molecule has 0 spiro atoms. The highest BCUT2D eigenvalue weighted by atomic mass is 19.1. The maximum absolute atomic E-state index is 13.6. The van der Waals surface area contributed by atoms with E-state index in [4.69, 9.17) is 10.5 Å². The largest absolute Gasteiger partial charge is 0.491 e. The van der Waals surface area contributed by atoms with Crippen molar-refractivity contribution >= 4 is 17.3 Å². The van der Waals surface area contributed by atoms with Gasteiger partial charge in [-0.2, -0.15) is 0 Å². The number of benzene rings is 1. The normalized spacial score (nSPS) is 10.1. The molecule has 0 radical (unpaired) electrons. The van der Waals surface area contributed by atoms with Crippen molar-refractivity contribution in [3.05, 3.63) is 48.0 Å². The standard InChI is InChI=1S/C14H14FN3O2/c1-2-20-13-4-3-10(8-11(13)15)18-14(19)12-7-9(16)5-6-17-12/h3-8H,2H2,1H3,(H2,16,17)(H,18,19). The first kappa shape index (κ1) is 13.8. The van der Waals surface area contributed by atoms with Gasteiger partial charge in [-0.3, -0.25) is 9.78 Å². The van der Waals surface area contributed by atoms with Crippen molar-refractivity contribution in [3.63, 3.8) is 0 Å². The number of nitrogens with two attached hydrogens (primary N) is 1. The van der Waals surface area contributed by atoms with Gasteiger partial charge in [-0.05, 0) is 31.2 Å². The average Bonchev–Trinajstić information content (AvgIpc) is 2.42. The second kappa shape index (κ2) is 6.01. The van der Waals surface area contributed by atoms with Crippen LogP contribution in [0.15, 0.2) is 36.5 Å². The van der Waals surface area contributed by atoms with Gasteiger partial charge in [0.15, 0.2) is 11.6 Å². The van der Waals surface area contributed by atoms with Crippen molar-refractivity contribution in [1.82, 2.24) is 4.98 Å². The van der Waals surface area contributed by atoms with Crippen LogP contribution in [0.5, 0.6) is 5.75 Å². The van der Waals surface area contributed by atoms with Crippen LogP contribution < -0.4 is 15.8 Å². The van der Waals surface area contributed by atoms with Crippen LogP contribution in [0.25, 0.3) is 0 Å². The molecule has 104 valence electrons. The third-order valence-electron chi connectivity index (χ3n) is 2.51. The summed E-state index contributed by atoms with van der Waals surface area (Å²) in [7, 11) is 0. The summed E-state index contributed by atoms with van der Waals surface area (Å²) in [5.74, 6) is -0.848. The summed E-state index contributed by atoms with van der Waals surface area (Å²) < 4.78 is 18.7. The summed E-state index contributed by atoms with van der Waals surface area (Å²) in [5, 5.41) is 2.54. The second-order valence-electron chi connectivity index (χ2n) is 4.01. The van der Waals surface area contributed by atoms with Crippen LogP contribution in [0.4, 0.5) is 15.8 Å². The molecule has 0 aliphatic heterocycles. The van der Waals surface area contributed by atoms with Crippen molar-refractivity contribution in [2.45, 2.75) is 6.92 Å². The topological polar surface area (TPSA) is 77.2 Å². The summed E-state index contributed by atoms with van der Waals surface area (Å²) in [4.78, 5) is 15.8. The molecular weight excluding hydrogens is 261 g/mol. The second-order valence-corrected chi connectivity index (χ2v) is 4.01. The molecule has 2 aromatic rings. The number of hydrogen-bond donors (Lipinski definition) is 2. The number of anilines is 2. The molecular formula is C14H14FN3O2. The van der Waals surface area contributed by atoms with E-state index < -0.39 is 11.7 Å². The van der Waals surface area contributed by atoms with Crippen molar-refractivity contribution in [2.24, 2.45) is 0 Å². The minimum Gasteiger partial charge on any atom is -0.491 e. The Balaban J connectivity index is 2.14. The number of carbonyl (C=O) groups is 1. The molecule has 5 nitrogen and oxygen atoms in total. The summed E-state index contributed by atoms with van der Waals surface area (Å²) >= 11 is 0. The maximum atomic E-state index is 13.6. The van der Waals surface area contributed by atoms with E-state index in [2.05, 4.69) is 10.3 Å². The molecule has 0 fully saturated rings. The first-order chi connectivity index (χ1) is 9.60. The van der Waals surface area contributed by atoms with Crippen molar-refractivity contribution in [2.75, 3.05) is 17.7 Å². The van der Waals surface area contributed by atoms with E-state index in [1.54, 1.807) is 19.1 Å². The van der Waals surface area contributed by atoms with Crippen molar-refractivity contribution in [3.8, 4) is 5.75 Å². The number of nitrogens with one attached hydrogen (secondary N) is 1. The molecule has 0 saturated heterocycles. The van der Waals surface area contributed by atoms with Crippen molar-refractivity contribution < 1.29 is 13.9 Å². The zero-order valence-corrected chi connectivity index (χ0v) is 10.9. The number of halogens is 1. The summed E-state index contributed by atoms with van der Waals surface area (Å²) in [6, 6.07) is 7.22. The Morgan fingerprint density at radius 1 is 1.40 bits per heavy atom. The van der Waals surface area contributed by atoms with E-state index in [0.717, 1.165) is 0 Å². The highest BCUT2D eigenvalue weighted by Crippen LogP contribution is 2.21. The number of hydrogen-bond acceptors (Lipinski definition) is 4. The lowest BCUT2D eigenvalue weighted by molar-refractivity contribution is 0.102. The molecule has 3 N–H and O–H groups in total. The van der Waals surface area contributed by atoms with Crippen molar-refractivity contribution in [1.29, 1.82) is 0 Å². The van der Waals surface area contributed by atoms with Gasteiger partial charge in [0.2, 0.25) is 0 Å². The fourth-order valence-electron chi connectivity index (χ4n) is 1.62. The SMILES string of the molecule is CCOc1ccc(NC(=O)c2cc(N)ccn2)cc1F. The maximum Gasteiger partial charge on any atom is 0.274 e. The number of nitrogens with zero attached hydrogens (tertiary/aromatic N) is 1. The number of nitrogen functional groups attached to an aromatic ring is 1. The summed E-state index contributed by atoms with van der Waals surface area (Å²) in [6.45, 7) is 2.14. The van der Waals surface area contributed by atoms with E-state index in [9.17, 15) is 9.18 Å². The lowest BCUT2D eigenvalue weighted by Gasteiger charge is -2.08.